The summed E-state index contributed by atoms with van der Waals surface area (Å²) in [4.78, 5) is 24.7. The molecule has 0 amide bonds. The molecule has 2 rings (SSSR count). The number of aromatic hydroxyl groups is 1. The smallest absolute Gasteiger partial charge is 0.319 e. The van der Waals surface area contributed by atoms with Crippen molar-refractivity contribution in [3.63, 3.8) is 0 Å². The van der Waals surface area contributed by atoms with Gasteiger partial charge in [0.2, 0.25) is 6.54 Å². The number of benzene rings is 1. The Kier molecular flexibility index (Phi) is 3.37. The minimum Gasteiger partial charge on any atom is -0.508 e. The molecule has 0 aliphatic carbocycles. The first-order valence-electron chi connectivity index (χ1n) is 5.52. The Morgan fingerprint density at radius 1 is 1.58 bits per heavy atom. The van der Waals surface area contributed by atoms with Gasteiger partial charge >= 0.3 is 5.97 Å². The summed E-state index contributed by atoms with van der Waals surface area (Å²) >= 11 is 0. The molecule has 1 unspecified atom stereocenters. The molecule has 2 N–H and O–H groups in total. The third-order valence-electron chi connectivity index (χ3n) is 2.89. The number of ether oxygens (including phenoxy) is 1. The average Bonchev–Trinajstić information content (AvgIpc) is 2.77. The van der Waals surface area contributed by atoms with Crippen LogP contribution in [0.3, 0.4) is 0 Å². The number of aromatic amines is 1. The van der Waals surface area contributed by atoms with E-state index in [-0.39, 0.29) is 5.75 Å². The third kappa shape index (κ3) is 2.49. The van der Waals surface area contributed by atoms with Crippen LogP contribution in [0.15, 0.2) is 24.4 Å². The van der Waals surface area contributed by atoms with E-state index in [1.165, 1.54) is 25.4 Å². The first-order chi connectivity index (χ1) is 9.02. The van der Waals surface area contributed by atoms with Gasteiger partial charge in [0, 0.05) is 22.0 Å². The number of esters is 1. The number of carbonyl (C=O) groups is 1. The number of phenols is 1. The predicted molar refractivity (Wildman–Crippen MR) is 66.6 cm³/mol. The molecule has 19 heavy (non-hydrogen) atoms. The summed E-state index contributed by atoms with van der Waals surface area (Å²) in [6.45, 7) is -0.560. The number of hydrogen-bond donors (Lipinski definition) is 2. The van der Waals surface area contributed by atoms with E-state index in [4.69, 9.17) is 0 Å². The van der Waals surface area contributed by atoms with Gasteiger partial charge in [-0.25, -0.2) is 0 Å². The summed E-state index contributed by atoms with van der Waals surface area (Å²) < 4.78 is 4.60. The molecule has 0 aliphatic heterocycles. The van der Waals surface area contributed by atoms with E-state index in [0.29, 0.717) is 16.5 Å². The van der Waals surface area contributed by atoms with Crippen molar-refractivity contribution in [1.82, 2.24) is 4.98 Å². The Morgan fingerprint density at radius 3 is 2.95 bits per heavy atom. The van der Waals surface area contributed by atoms with E-state index >= 15 is 0 Å². The van der Waals surface area contributed by atoms with Crippen LogP contribution in [0.4, 0.5) is 0 Å². The lowest BCUT2D eigenvalue weighted by Gasteiger charge is -2.09. The lowest BCUT2D eigenvalue weighted by Crippen LogP contribution is -2.22. The Bertz CT molecular complexity index is 634. The monoisotopic (exact) mass is 264 g/mol. The van der Waals surface area contributed by atoms with Crippen LogP contribution in [-0.4, -0.2) is 34.6 Å². The molecular weight excluding hydrogens is 252 g/mol. The van der Waals surface area contributed by atoms with Crippen LogP contribution in [0.2, 0.25) is 0 Å². The molecule has 1 atom stereocenters. The van der Waals surface area contributed by atoms with Gasteiger partial charge in [-0.15, -0.1) is 0 Å². The highest BCUT2D eigenvalue weighted by Crippen LogP contribution is 2.29. The van der Waals surface area contributed by atoms with Crippen LogP contribution in [-0.2, 0) is 9.53 Å². The van der Waals surface area contributed by atoms with Gasteiger partial charge in [0.1, 0.15) is 11.7 Å². The molecule has 7 heteroatoms. The van der Waals surface area contributed by atoms with Gasteiger partial charge in [0.15, 0.2) is 0 Å². The van der Waals surface area contributed by atoms with Crippen molar-refractivity contribution < 1.29 is 19.6 Å². The summed E-state index contributed by atoms with van der Waals surface area (Å²) in [7, 11) is 1.18. The number of H-pyrrole nitrogens is 1. The van der Waals surface area contributed by atoms with Crippen molar-refractivity contribution in [3.8, 4) is 5.75 Å². The second-order valence-corrected chi connectivity index (χ2v) is 4.06. The first-order valence-corrected chi connectivity index (χ1v) is 5.52. The van der Waals surface area contributed by atoms with Crippen LogP contribution in [0, 0.1) is 10.1 Å². The number of aromatic nitrogens is 1. The number of methoxy groups -OCH3 is 1. The van der Waals surface area contributed by atoms with E-state index in [1.54, 1.807) is 6.07 Å². The van der Waals surface area contributed by atoms with Crippen LogP contribution in [0.1, 0.15) is 11.5 Å². The summed E-state index contributed by atoms with van der Waals surface area (Å²) in [6, 6.07) is 4.58. The summed E-state index contributed by atoms with van der Waals surface area (Å²) in [6.07, 6.45) is 1.52. The van der Waals surface area contributed by atoms with Gasteiger partial charge in [-0.1, -0.05) is 0 Å². The normalized spacial score (nSPS) is 12.3. The number of nitrogens with one attached hydrogen (secondary N) is 1. The van der Waals surface area contributed by atoms with Crippen molar-refractivity contribution in [2.75, 3.05) is 13.7 Å². The van der Waals surface area contributed by atoms with Gasteiger partial charge in [-0.05, 0) is 23.8 Å². The summed E-state index contributed by atoms with van der Waals surface area (Å²) in [5.41, 5.74) is 1.12. The molecule has 1 aromatic heterocycles. The second kappa shape index (κ2) is 4.97. The minimum absolute atomic E-state index is 0.0260. The maximum atomic E-state index is 11.7. The molecule has 0 aliphatic rings. The average molecular weight is 264 g/mol. The molecule has 0 saturated heterocycles. The molecule has 0 saturated carbocycles. The van der Waals surface area contributed by atoms with Crippen molar-refractivity contribution in [2.45, 2.75) is 5.92 Å². The topological polar surface area (TPSA) is 105 Å². The van der Waals surface area contributed by atoms with Crippen molar-refractivity contribution in [3.05, 3.63) is 40.1 Å². The summed E-state index contributed by atoms with van der Waals surface area (Å²) in [5.74, 6) is -1.66. The van der Waals surface area contributed by atoms with Gasteiger partial charge in [0.25, 0.3) is 0 Å². The van der Waals surface area contributed by atoms with Crippen LogP contribution in [0.5, 0.6) is 5.75 Å². The summed E-state index contributed by atoms with van der Waals surface area (Å²) in [5, 5.41) is 20.7. The standard InChI is InChI=1S/C12H12N2O5/c1-19-12(16)10(6-14(17)18)9-5-13-11-3-2-7(15)4-8(9)11/h2-5,10,13,15H,6H2,1H3. The quantitative estimate of drug-likeness (QED) is 0.493. The van der Waals surface area contributed by atoms with Crippen LogP contribution in [0.25, 0.3) is 10.9 Å². The molecule has 2 aromatic rings. The fourth-order valence-electron chi connectivity index (χ4n) is 2.01. The maximum absolute atomic E-state index is 11.7. The molecule has 1 aromatic carbocycles. The number of phenolic OH excluding ortho intramolecular Hbond substituents is 1. The van der Waals surface area contributed by atoms with E-state index in [1.807, 2.05) is 0 Å². The van der Waals surface area contributed by atoms with Crippen LogP contribution >= 0.6 is 0 Å². The number of carbonyl (C=O) groups excluding carboxylic acids is 1. The lowest BCUT2D eigenvalue weighted by molar-refractivity contribution is -0.481. The fraction of sp³-hybridized carbons (Fsp3) is 0.250. The van der Waals surface area contributed by atoms with Gasteiger partial charge < -0.3 is 14.8 Å². The number of nitrogens with zero attached hydrogens (tertiary/aromatic N) is 1. The van der Waals surface area contributed by atoms with Gasteiger partial charge in [-0.3, -0.25) is 14.9 Å². The highest BCUT2D eigenvalue weighted by Gasteiger charge is 2.29. The molecular formula is C12H12N2O5. The zero-order valence-corrected chi connectivity index (χ0v) is 10.1. The SMILES string of the molecule is COC(=O)C(C[N+](=O)[O-])c1c[nH]c2ccc(O)cc12. The molecule has 0 bridgehead atoms. The van der Waals surface area contributed by atoms with Gasteiger partial charge in [0.05, 0.1) is 7.11 Å². The Labute approximate surface area is 108 Å². The van der Waals surface area contributed by atoms with E-state index < -0.39 is 23.4 Å². The molecule has 1 heterocycles. The largest absolute Gasteiger partial charge is 0.508 e. The molecule has 7 nitrogen and oxygen atoms in total. The molecule has 100 valence electrons. The molecule has 0 radical (unpaired) electrons. The van der Waals surface area contributed by atoms with Crippen LogP contribution < -0.4 is 0 Å². The molecule has 0 fully saturated rings. The first kappa shape index (κ1) is 12.9. The Hall–Kier alpha value is -2.57. The number of hydrogen-bond acceptors (Lipinski definition) is 5. The van der Waals surface area contributed by atoms with Gasteiger partial charge in [-0.2, -0.15) is 0 Å². The minimum atomic E-state index is -1.00. The lowest BCUT2D eigenvalue weighted by atomic mass is 9.98. The Morgan fingerprint density at radius 2 is 2.32 bits per heavy atom. The van der Waals surface area contributed by atoms with E-state index in [0.717, 1.165) is 0 Å². The van der Waals surface area contributed by atoms with E-state index in [9.17, 15) is 20.0 Å². The number of rotatable bonds is 4. The van der Waals surface area contributed by atoms with Crippen molar-refractivity contribution in [2.24, 2.45) is 0 Å². The highest BCUT2D eigenvalue weighted by molar-refractivity contribution is 5.90. The zero-order valence-electron chi connectivity index (χ0n) is 10.1. The van der Waals surface area contributed by atoms with Crippen molar-refractivity contribution >= 4 is 16.9 Å². The predicted octanol–water partition coefficient (Wildman–Crippen LogP) is 1.41. The fourth-order valence-corrected chi connectivity index (χ4v) is 2.01. The maximum Gasteiger partial charge on any atom is 0.319 e. The highest BCUT2D eigenvalue weighted by atomic mass is 16.6. The molecule has 0 spiro atoms. The number of fused-ring (bicyclic) bond motifs is 1. The zero-order chi connectivity index (χ0) is 14.0. The second-order valence-electron chi connectivity index (χ2n) is 4.06. The number of nitro groups is 1. The third-order valence-corrected chi connectivity index (χ3v) is 2.89. The Balaban J connectivity index is 2.52. The van der Waals surface area contributed by atoms with Crippen molar-refractivity contribution in [1.29, 1.82) is 0 Å². The van der Waals surface area contributed by atoms with E-state index in [2.05, 4.69) is 9.72 Å².